The van der Waals surface area contributed by atoms with E-state index in [-0.39, 0.29) is 6.61 Å². The molecule has 0 saturated carbocycles. The molecule has 0 spiro atoms. The molecule has 0 aliphatic rings. The fourth-order valence-corrected chi connectivity index (χ4v) is 2.30. The predicted molar refractivity (Wildman–Crippen MR) is 63.8 cm³/mol. The fourth-order valence-electron chi connectivity index (χ4n) is 1.28. The Morgan fingerprint density at radius 3 is 2.87 bits per heavy atom. The van der Waals surface area contributed by atoms with Crippen molar-refractivity contribution in [1.82, 2.24) is 0 Å². The van der Waals surface area contributed by atoms with Crippen LogP contribution in [0.15, 0.2) is 18.2 Å². The fraction of sp³-hybridized carbons (Fsp3) is 0.417. The number of hydrogen-bond acceptors (Lipinski definition) is 3. The van der Waals surface area contributed by atoms with Crippen molar-refractivity contribution in [3.05, 3.63) is 34.9 Å². The molecule has 2 nitrogen and oxygen atoms in total. The minimum absolute atomic E-state index is 0.263. The molecule has 0 bridgehead atoms. The first-order chi connectivity index (χ1) is 7.27. The summed E-state index contributed by atoms with van der Waals surface area (Å²) in [6, 6.07) is 7.92. The first-order valence-electron chi connectivity index (χ1n) is 4.96. The Balaban J connectivity index is 2.52. The second-order valence-corrected chi connectivity index (χ2v) is 4.49. The normalized spacial score (nSPS) is 9.93. The lowest BCUT2D eigenvalue weighted by Crippen LogP contribution is -1.90. The molecule has 0 amide bonds. The zero-order valence-electron chi connectivity index (χ0n) is 8.86. The third-order valence-corrected chi connectivity index (χ3v) is 3.27. The highest BCUT2D eigenvalue weighted by atomic mass is 32.2. The minimum Gasteiger partial charge on any atom is -0.396 e. The molecule has 1 aromatic rings. The molecular weight excluding hydrogens is 206 g/mol. The van der Waals surface area contributed by atoms with E-state index in [0.29, 0.717) is 0 Å². The van der Waals surface area contributed by atoms with Gasteiger partial charge in [0.05, 0.1) is 11.6 Å². The van der Waals surface area contributed by atoms with E-state index in [9.17, 15) is 0 Å². The van der Waals surface area contributed by atoms with E-state index in [0.717, 1.165) is 23.5 Å². The maximum absolute atomic E-state index is 8.72. The van der Waals surface area contributed by atoms with E-state index in [1.807, 2.05) is 36.9 Å². The average Bonchev–Trinajstić information content (AvgIpc) is 2.26. The van der Waals surface area contributed by atoms with Crippen LogP contribution in [-0.4, -0.2) is 17.5 Å². The summed E-state index contributed by atoms with van der Waals surface area (Å²) in [4.78, 5) is 0. The molecule has 1 N–H and O–H groups in total. The molecule has 0 fully saturated rings. The Labute approximate surface area is 94.9 Å². The van der Waals surface area contributed by atoms with Gasteiger partial charge in [0, 0.05) is 12.4 Å². The third kappa shape index (κ3) is 3.94. The van der Waals surface area contributed by atoms with Gasteiger partial charge in [-0.2, -0.15) is 17.0 Å². The molecule has 0 aromatic heterocycles. The monoisotopic (exact) mass is 221 g/mol. The maximum Gasteiger partial charge on any atom is 0.0991 e. The molecular formula is C12H15NOS. The summed E-state index contributed by atoms with van der Waals surface area (Å²) in [5, 5.41) is 17.4. The van der Waals surface area contributed by atoms with Crippen LogP contribution in [0.3, 0.4) is 0 Å². The molecule has 0 radical (unpaired) electrons. The minimum atomic E-state index is 0.263. The van der Waals surface area contributed by atoms with Crippen LogP contribution in [0.4, 0.5) is 0 Å². The van der Waals surface area contributed by atoms with E-state index in [1.54, 1.807) is 0 Å². The van der Waals surface area contributed by atoms with Crippen LogP contribution in [0.25, 0.3) is 0 Å². The first kappa shape index (κ1) is 12.1. The van der Waals surface area contributed by atoms with E-state index < -0.39 is 0 Å². The highest BCUT2D eigenvalue weighted by molar-refractivity contribution is 7.98. The molecule has 0 heterocycles. The number of aliphatic hydroxyl groups is 1. The zero-order valence-corrected chi connectivity index (χ0v) is 9.68. The van der Waals surface area contributed by atoms with Gasteiger partial charge in [-0.05, 0) is 42.4 Å². The van der Waals surface area contributed by atoms with Crippen molar-refractivity contribution in [2.45, 2.75) is 19.1 Å². The molecule has 1 aromatic carbocycles. The Hall–Kier alpha value is -0.980. The van der Waals surface area contributed by atoms with Crippen LogP contribution >= 0.6 is 11.8 Å². The van der Waals surface area contributed by atoms with E-state index in [1.165, 1.54) is 11.1 Å². The number of nitriles is 1. The number of rotatable bonds is 5. The van der Waals surface area contributed by atoms with Gasteiger partial charge in [0.1, 0.15) is 0 Å². The van der Waals surface area contributed by atoms with Crippen LogP contribution in [0.1, 0.15) is 23.1 Å². The SMILES string of the molecule is Cc1cc(C#N)ccc1CSCCCO. The number of aryl methyl sites for hydroxylation is 1. The number of benzene rings is 1. The number of aliphatic hydroxyl groups excluding tert-OH is 1. The van der Waals surface area contributed by atoms with E-state index in [2.05, 4.69) is 6.07 Å². The number of thioether (sulfide) groups is 1. The van der Waals surface area contributed by atoms with Crippen molar-refractivity contribution in [3.63, 3.8) is 0 Å². The van der Waals surface area contributed by atoms with Crippen molar-refractivity contribution < 1.29 is 5.11 Å². The summed E-state index contributed by atoms with van der Waals surface area (Å²) < 4.78 is 0. The van der Waals surface area contributed by atoms with Crippen LogP contribution in [0.5, 0.6) is 0 Å². The van der Waals surface area contributed by atoms with Gasteiger partial charge in [0.2, 0.25) is 0 Å². The highest BCUT2D eigenvalue weighted by Crippen LogP contribution is 2.17. The van der Waals surface area contributed by atoms with Crippen LogP contribution in [-0.2, 0) is 5.75 Å². The average molecular weight is 221 g/mol. The molecule has 0 atom stereocenters. The van der Waals surface area contributed by atoms with Gasteiger partial charge in [-0.3, -0.25) is 0 Å². The first-order valence-corrected chi connectivity index (χ1v) is 6.11. The second kappa shape index (κ2) is 6.49. The third-order valence-electron chi connectivity index (χ3n) is 2.18. The van der Waals surface area contributed by atoms with Gasteiger partial charge >= 0.3 is 0 Å². The second-order valence-electron chi connectivity index (χ2n) is 3.38. The van der Waals surface area contributed by atoms with Gasteiger partial charge < -0.3 is 5.11 Å². The zero-order chi connectivity index (χ0) is 11.1. The predicted octanol–water partition coefficient (Wildman–Crippen LogP) is 2.48. The van der Waals surface area contributed by atoms with Crippen LogP contribution in [0, 0.1) is 18.3 Å². The van der Waals surface area contributed by atoms with Crippen LogP contribution in [0.2, 0.25) is 0 Å². The van der Waals surface area contributed by atoms with Gasteiger partial charge in [0.15, 0.2) is 0 Å². The highest BCUT2D eigenvalue weighted by Gasteiger charge is 1.99. The molecule has 15 heavy (non-hydrogen) atoms. The quantitative estimate of drug-likeness (QED) is 0.777. The summed E-state index contributed by atoms with van der Waals surface area (Å²) in [6.45, 7) is 2.29. The lowest BCUT2D eigenvalue weighted by molar-refractivity contribution is 0.296. The topological polar surface area (TPSA) is 44.0 Å². The molecule has 3 heteroatoms. The smallest absolute Gasteiger partial charge is 0.0991 e. The van der Waals surface area contributed by atoms with E-state index >= 15 is 0 Å². The van der Waals surface area contributed by atoms with Gasteiger partial charge in [0.25, 0.3) is 0 Å². The van der Waals surface area contributed by atoms with Crippen LogP contribution < -0.4 is 0 Å². The molecule has 0 aliphatic heterocycles. The lowest BCUT2D eigenvalue weighted by Gasteiger charge is -2.05. The summed E-state index contributed by atoms with van der Waals surface area (Å²) >= 11 is 1.82. The van der Waals surface area contributed by atoms with Gasteiger partial charge in [-0.15, -0.1) is 0 Å². The van der Waals surface area contributed by atoms with Gasteiger partial charge in [-0.25, -0.2) is 0 Å². The van der Waals surface area contributed by atoms with Crippen molar-refractivity contribution in [2.24, 2.45) is 0 Å². The van der Waals surface area contributed by atoms with Crippen molar-refractivity contribution in [2.75, 3.05) is 12.4 Å². The Morgan fingerprint density at radius 1 is 1.47 bits per heavy atom. The summed E-state index contributed by atoms with van der Waals surface area (Å²) in [5.41, 5.74) is 3.17. The van der Waals surface area contributed by atoms with Crippen molar-refractivity contribution >= 4 is 11.8 Å². The summed E-state index contributed by atoms with van der Waals surface area (Å²) in [6.07, 6.45) is 0.847. The lowest BCUT2D eigenvalue weighted by atomic mass is 10.1. The number of hydrogen-bond donors (Lipinski definition) is 1. The number of nitrogens with zero attached hydrogens (tertiary/aromatic N) is 1. The largest absolute Gasteiger partial charge is 0.396 e. The molecule has 80 valence electrons. The van der Waals surface area contributed by atoms with Crippen molar-refractivity contribution in [1.29, 1.82) is 5.26 Å². The Morgan fingerprint density at radius 2 is 2.27 bits per heavy atom. The molecule has 1 rings (SSSR count). The summed E-state index contributed by atoms with van der Waals surface area (Å²) in [5.74, 6) is 1.94. The van der Waals surface area contributed by atoms with Gasteiger partial charge in [-0.1, -0.05) is 6.07 Å². The molecule has 0 unspecified atom stereocenters. The summed E-state index contributed by atoms with van der Waals surface area (Å²) in [7, 11) is 0. The Bertz CT molecular complexity index is 357. The molecule has 0 aliphatic carbocycles. The molecule has 0 saturated heterocycles. The Kier molecular flexibility index (Phi) is 5.23. The standard InChI is InChI=1S/C12H15NOS/c1-10-7-11(8-13)3-4-12(10)9-15-6-2-5-14/h3-4,7,14H,2,5-6,9H2,1H3. The maximum atomic E-state index is 8.72. The van der Waals surface area contributed by atoms with E-state index in [4.69, 9.17) is 10.4 Å². The van der Waals surface area contributed by atoms with Crippen molar-refractivity contribution in [3.8, 4) is 6.07 Å².